The third-order valence-corrected chi connectivity index (χ3v) is 5.93. The first-order chi connectivity index (χ1) is 12.9. The van der Waals surface area contributed by atoms with Crippen molar-refractivity contribution in [3.05, 3.63) is 78.1 Å². The topological polar surface area (TPSA) is 84.3 Å². The van der Waals surface area contributed by atoms with E-state index in [9.17, 15) is 13.2 Å². The molecule has 0 bridgehead atoms. The number of sulfonamides is 1. The Morgan fingerprint density at radius 2 is 1.78 bits per heavy atom. The summed E-state index contributed by atoms with van der Waals surface area (Å²) in [7, 11) is -0.637. The average Bonchev–Trinajstić information content (AvgIpc) is 3.16. The molecule has 0 spiro atoms. The van der Waals surface area contributed by atoms with Crippen molar-refractivity contribution in [1.82, 2.24) is 19.4 Å². The van der Waals surface area contributed by atoms with E-state index < -0.39 is 10.0 Å². The fraction of sp³-hybridized carbons (Fsp3) is 0.158. The molecule has 1 amide bonds. The van der Waals surface area contributed by atoms with E-state index in [2.05, 4.69) is 10.4 Å². The van der Waals surface area contributed by atoms with Gasteiger partial charge in [-0.25, -0.2) is 13.1 Å². The van der Waals surface area contributed by atoms with Crippen LogP contribution in [0.1, 0.15) is 15.9 Å². The van der Waals surface area contributed by atoms with Gasteiger partial charge in [-0.2, -0.15) is 9.40 Å². The van der Waals surface area contributed by atoms with Crippen molar-refractivity contribution in [2.24, 2.45) is 0 Å². The molecule has 0 fully saturated rings. The number of nitrogens with zero attached hydrogens (tertiary/aromatic N) is 3. The summed E-state index contributed by atoms with van der Waals surface area (Å²) in [5.41, 5.74) is 2.08. The van der Waals surface area contributed by atoms with Crippen LogP contribution >= 0.6 is 0 Å². The van der Waals surface area contributed by atoms with Crippen LogP contribution in [0.4, 0.5) is 0 Å². The van der Waals surface area contributed by atoms with Gasteiger partial charge in [0.25, 0.3) is 5.91 Å². The lowest BCUT2D eigenvalue weighted by atomic mass is 10.2. The van der Waals surface area contributed by atoms with Crippen LogP contribution < -0.4 is 5.32 Å². The number of rotatable bonds is 6. The minimum absolute atomic E-state index is 0.133. The number of para-hydroxylation sites is 1. The molecule has 8 heteroatoms. The SMILES string of the molecule is CNC(=O)c1ccc(S(=O)(=O)N(C)Cc2cnn(-c3ccccc3)c2)cc1. The van der Waals surface area contributed by atoms with Gasteiger partial charge in [-0.1, -0.05) is 18.2 Å². The highest BCUT2D eigenvalue weighted by molar-refractivity contribution is 7.89. The maximum absolute atomic E-state index is 12.8. The number of benzene rings is 2. The van der Waals surface area contributed by atoms with Gasteiger partial charge in [-0.3, -0.25) is 4.79 Å². The Kier molecular flexibility index (Phi) is 5.38. The van der Waals surface area contributed by atoms with Crippen LogP contribution in [0.3, 0.4) is 0 Å². The van der Waals surface area contributed by atoms with Crippen LogP contribution in [0, 0.1) is 0 Å². The lowest BCUT2D eigenvalue weighted by Crippen LogP contribution is -2.26. The smallest absolute Gasteiger partial charge is 0.251 e. The lowest BCUT2D eigenvalue weighted by molar-refractivity contribution is 0.0963. The minimum atomic E-state index is -3.68. The Labute approximate surface area is 158 Å². The Balaban J connectivity index is 1.76. The Morgan fingerprint density at radius 1 is 1.11 bits per heavy atom. The molecule has 1 aromatic heterocycles. The summed E-state index contributed by atoms with van der Waals surface area (Å²) in [5.74, 6) is -0.263. The van der Waals surface area contributed by atoms with Gasteiger partial charge in [-0.05, 0) is 36.4 Å². The number of carbonyl (C=O) groups is 1. The van der Waals surface area contributed by atoms with Gasteiger partial charge < -0.3 is 5.32 Å². The molecular formula is C19H20N4O3S. The van der Waals surface area contributed by atoms with E-state index in [4.69, 9.17) is 0 Å². The van der Waals surface area contributed by atoms with Crippen LogP contribution in [0.5, 0.6) is 0 Å². The molecule has 1 N–H and O–H groups in total. The van der Waals surface area contributed by atoms with Crippen LogP contribution in [-0.4, -0.2) is 42.5 Å². The largest absolute Gasteiger partial charge is 0.355 e. The standard InChI is InChI=1S/C19H20N4O3S/c1-20-19(24)16-8-10-18(11-9-16)27(25,26)22(2)13-15-12-21-23(14-15)17-6-4-3-5-7-17/h3-12,14H,13H2,1-2H3,(H,20,24). The van der Waals surface area contributed by atoms with Gasteiger partial charge in [0.15, 0.2) is 0 Å². The molecule has 0 aliphatic rings. The maximum Gasteiger partial charge on any atom is 0.251 e. The molecule has 0 saturated heterocycles. The van der Waals surface area contributed by atoms with Gasteiger partial charge in [0, 0.05) is 38.0 Å². The second-order valence-corrected chi connectivity index (χ2v) is 8.04. The van der Waals surface area contributed by atoms with Crippen molar-refractivity contribution < 1.29 is 13.2 Å². The fourth-order valence-corrected chi connectivity index (χ4v) is 3.77. The van der Waals surface area contributed by atoms with Gasteiger partial charge >= 0.3 is 0 Å². The molecule has 7 nitrogen and oxygen atoms in total. The molecular weight excluding hydrogens is 364 g/mol. The van der Waals surface area contributed by atoms with Crippen molar-refractivity contribution >= 4 is 15.9 Å². The molecule has 0 aliphatic carbocycles. The van der Waals surface area contributed by atoms with Crippen molar-refractivity contribution in [2.45, 2.75) is 11.4 Å². The van der Waals surface area contributed by atoms with Gasteiger partial charge in [-0.15, -0.1) is 0 Å². The fourth-order valence-electron chi connectivity index (χ4n) is 2.61. The van der Waals surface area contributed by atoms with Crippen molar-refractivity contribution in [3.8, 4) is 5.69 Å². The van der Waals surface area contributed by atoms with Gasteiger partial charge in [0.1, 0.15) is 0 Å². The molecule has 3 aromatic rings. The van der Waals surface area contributed by atoms with Crippen molar-refractivity contribution in [1.29, 1.82) is 0 Å². The quantitative estimate of drug-likeness (QED) is 0.705. The molecule has 3 rings (SSSR count). The zero-order valence-electron chi connectivity index (χ0n) is 15.0. The number of hydrogen-bond donors (Lipinski definition) is 1. The highest BCUT2D eigenvalue weighted by atomic mass is 32.2. The molecule has 2 aromatic carbocycles. The molecule has 0 aliphatic heterocycles. The first-order valence-electron chi connectivity index (χ1n) is 8.29. The monoisotopic (exact) mass is 384 g/mol. The molecule has 0 atom stereocenters. The summed E-state index contributed by atoms with van der Waals surface area (Å²) in [6.07, 6.45) is 3.45. The summed E-state index contributed by atoms with van der Waals surface area (Å²) in [5, 5.41) is 6.79. The molecule has 0 saturated carbocycles. The number of amides is 1. The Hall–Kier alpha value is -2.97. The second kappa shape index (κ2) is 7.73. The normalized spacial score (nSPS) is 11.5. The molecule has 0 radical (unpaired) electrons. The molecule has 1 heterocycles. The summed E-state index contributed by atoms with van der Waals surface area (Å²) < 4.78 is 28.5. The minimum Gasteiger partial charge on any atom is -0.355 e. The number of aromatic nitrogens is 2. The molecule has 27 heavy (non-hydrogen) atoms. The summed E-state index contributed by atoms with van der Waals surface area (Å²) in [6.45, 7) is 0.187. The summed E-state index contributed by atoms with van der Waals surface area (Å²) in [6, 6.07) is 15.4. The highest BCUT2D eigenvalue weighted by Crippen LogP contribution is 2.18. The van der Waals surface area contributed by atoms with Crippen molar-refractivity contribution in [3.63, 3.8) is 0 Å². The zero-order valence-corrected chi connectivity index (χ0v) is 15.8. The maximum atomic E-state index is 12.8. The molecule has 140 valence electrons. The molecule has 0 unspecified atom stereocenters. The average molecular weight is 384 g/mol. The Morgan fingerprint density at radius 3 is 2.41 bits per heavy atom. The second-order valence-electron chi connectivity index (χ2n) is 5.99. The van der Waals surface area contributed by atoms with E-state index in [1.54, 1.807) is 17.1 Å². The van der Waals surface area contributed by atoms with E-state index in [1.807, 2.05) is 30.3 Å². The van der Waals surface area contributed by atoms with E-state index in [0.29, 0.717) is 5.56 Å². The van der Waals surface area contributed by atoms with E-state index in [-0.39, 0.29) is 17.3 Å². The lowest BCUT2D eigenvalue weighted by Gasteiger charge is -2.16. The van der Waals surface area contributed by atoms with Gasteiger partial charge in [0.2, 0.25) is 10.0 Å². The number of carbonyl (C=O) groups excluding carboxylic acids is 1. The first kappa shape index (κ1) is 18.8. The highest BCUT2D eigenvalue weighted by Gasteiger charge is 2.21. The summed E-state index contributed by atoms with van der Waals surface area (Å²) in [4.78, 5) is 11.7. The van der Waals surface area contributed by atoms with E-state index in [1.165, 1.54) is 42.7 Å². The first-order valence-corrected chi connectivity index (χ1v) is 9.73. The predicted octanol–water partition coefficient (Wildman–Crippen LogP) is 2.05. The van der Waals surface area contributed by atoms with Gasteiger partial charge in [0.05, 0.1) is 16.8 Å². The third-order valence-electron chi connectivity index (χ3n) is 4.11. The summed E-state index contributed by atoms with van der Waals surface area (Å²) >= 11 is 0. The number of nitrogens with one attached hydrogen (secondary N) is 1. The Bertz CT molecular complexity index is 1030. The van der Waals surface area contributed by atoms with Crippen molar-refractivity contribution in [2.75, 3.05) is 14.1 Å². The van der Waals surface area contributed by atoms with Crippen LogP contribution in [0.15, 0.2) is 71.9 Å². The third kappa shape index (κ3) is 4.07. The number of hydrogen-bond acceptors (Lipinski definition) is 4. The van der Waals surface area contributed by atoms with Crippen LogP contribution in [0.2, 0.25) is 0 Å². The zero-order chi connectivity index (χ0) is 19.4. The predicted molar refractivity (Wildman–Crippen MR) is 102 cm³/mol. The van der Waals surface area contributed by atoms with Crippen LogP contribution in [0.25, 0.3) is 5.69 Å². The van der Waals surface area contributed by atoms with E-state index in [0.717, 1.165) is 11.3 Å². The van der Waals surface area contributed by atoms with Crippen LogP contribution in [-0.2, 0) is 16.6 Å². The van der Waals surface area contributed by atoms with E-state index >= 15 is 0 Å².